The molecule has 1 saturated heterocycles. The maximum Gasteiger partial charge on any atom is 0.0693 e. The van der Waals surface area contributed by atoms with Gasteiger partial charge in [0.15, 0.2) is 0 Å². The monoisotopic (exact) mass is 257 g/mol. The third kappa shape index (κ3) is 3.87. The minimum atomic E-state index is 0.264. The van der Waals surface area contributed by atoms with Gasteiger partial charge in [-0.3, -0.25) is 0 Å². The Morgan fingerprint density at radius 1 is 1.35 bits per heavy atom. The van der Waals surface area contributed by atoms with Gasteiger partial charge < -0.3 is 10.5 Å². The Morgan fingerprint density at radius 2 is 2.12 bits per heavy atom. The van der Waals surface area contributed by atoms with Crippen molar-refractivity contribution >= 4 is 11.8 Å². The molecule has 1 heterocycles. The molecule has 2 unspecified atom stereocenters. The summed E-state index contributed by atoms with van der Waals surface area (Å²) in [5.74, 6) is 1.88. The van der Waals surface area contributed by atoms with Crippen molar-refractivity contribution in [2.24, 2.45) is 11.7 Å². The summed E-state index contributed by atoms with van der Waals surface area (Å²) in [5, 5.41) is 0.816. The third-order valence-electron chi connectivity index (χ3n) is 4.23. The second-order valence-corrected chi connectivity index (χ2v) is 7.21. The molecule has 0 radical (unpaired) electrons. The van der Waals surface area contributed by atoms with E-state index in [-0.39, 0.29) is 5.60 Å². The third-order valence-corrected chi connectivity index (χ3v) is 5.87. The second kappa shape index (κ2) is 6.44. The Balaban J connectivity index is 1.79. The Morgan fingerprint density at radius 3 is 2.82 bits per heavy atom. The second-order valence-electron chi connectivity index (χ2n) is 5.88. The maximum absolute atomic E-state index is 6.13. The number of rotatable bonds is 4. The molecule has 2 N–H and O–H groups in total. The van der Waals surface area contributed by atoms with Gasteiger partial charge >= 0.3 is 0 Å². The lowest BCUT2D eigenvalue weighted by atomic mass is 9.80. The van der Waals surface area contributed by atoms with Crippen molar-refractivity contribution in [3.05, 3.63) is 0 Å². The molecule has 2 nitrogen and oxygen atoms in total. The summed E-state index contributed by atoms with van der Waals surface area (Å²) in [7, 11) is 0. The van der Waals surface area contributed by atoms with Crippen LogP contribution in [0, 0.1) is 5.92 Å². The van der Waals surface area contributed by atoms with Gasteiger partial charge in [-0.05, 0) is 43.9 Å². The SMILES string of the molecule is CC(CN)CSC1CCOC2(CCCCC2)C1. The number of ether oxygens (including phenoxy) is 1. The van der Waals surface area contributed by atoms with E-state index in [1.54, 1.807) is 0 Å². The van der Waals surface area contributed by atoms with Crippen molar-refractivity contribution in [2.45, 2.75) is 62.7 Å². The molecule has 1 aliphatic carbocycles. The largest absolute Gasteiger partial charge is 0.375 e. The Kier molecular flexibility index (Phi) is 5.19. The van der Waals surface area contributed by atoms with E-state index in [1.807, 2.05) is 0 Å². The zero-order valence-electron chi connectivity index (χ0n) is 11.1. The molecule has 0 amide bonds. The highest BCUT2D eigenvalue weighted by Gasteiger charge is 2.38. The Hall–Kier alpha value is 0.270. The van der Waals surface area contributed by atoms with E-state index in [2.05, 4.69) is 18.7 Å². The maximum atomic E-state index is 6.13. The topological polar surface area (TPSA) is 35.2 Å². The summed E-state index contributed by atoms with van der Waals surface area (Å²) in [6, 6.07) is 0. The molecule has 2 atom stereocenters. The van der Waals surface area contributed by atoms with Gasteiger partial charge in [0.05, 0.1) is 5.60 Å². The lowest BCUT2D eigenvalue weighted by molar-refractivity contribution is -0.0971. The van der Waals surface area contributed by atoms with Crippen LogP contribution < -0.4 is 5.73 Å². The molecule has 2 aliphatic rings. The van der Waals surface area contributed by atoms with Crippen LogP contribution in [0.1, 0.15) is 51.9 Å². The summed E-state index contributed by atoms with van der Waals surface area (Å²) in [6.45, 7) is 4.05. The van der Waals surface area contributed by atoms with Gasteiger partial charge in [0.2, 0.25) is 0 Å². The average Bonchev–Trinajstić information content (AvgIpc) is 2.37. The fraction of sp³-hybridized carbons (Fsp3) is 1.00. The predicted octanol–water partition coefficient (Wildman–Crippen LogP) is 3.20. The van der Waals surface area contributed by atoms with Gasteiger partial charge in [0.1, 0.15) is 0 Å². The fourth-order valence-electron chi connectivity index (χ4n) is 3.04. The van der Waals surface area contributed by atoms with Gasteiger partial charge in [0, 0.05) is 11.9 Å². The number of nitrogens with two attached hydrogens (primary N) is 1. The summed E-state index contributed by atoms with van der Waals surface area (Å²) in [5.41, 5.74) is 5.95. The van der Waals surface area contributed by atoms with E-state index < -0.39 is 0 Å². The molecule has 2 fully saturated rings. The van der Waals surface area contributed by atoms with Crippen molar-refractivity contribution < 1.29 is 4.74 Å². The van der Waals surface area contributed by atoms with Gasteiger partial charge in [-0.2, -0.15) is 11.8 Å². The minimum Gasteiger partial charge on any atom is -0.375 e. The summed E-state index contributed by atoms with van der Waals surface area (Å²) in [4.78, 5) is 0. The molecule has 100 valence electrons. The van der Waals surface area contributed by atoms with Gasteiger partial charge in [-0.25, -0.2) is 0 Å². The van der Waals surface area contributed by atoms with Crippen LogP contribution in [0.15, 0.2) is 0 Å². The highest BCUT2D eigenvalue weighted by molar-refractivity contribution is 7.99. The summed E-state index contributed by atoms with van der Waals surface area (Å²) in [6.07, 6.45) is 9.28. The molecule has 0 bridgehead atoms. The smallest absolute Gasteiger partial charge is 0.0693 e. The van der Waals surface area contributed by atoms with E-state index >= 15 is 0 Å². The van der Waals surface area contributed by atoms with Crippen LogP contribution in [0.3, 0.4) is 0 Å². The fourth-order valence-corrected chi connectivity index (χ4v) is 4.46. The summed E-state index contributed by atoms with van der Waals surface area (Å²) >= 11 is 2.14. The number of thioether (sulfide) groups is 1. The first-order valence-corrected chi connectivity index (χ1v) is 8.25. The molecule has 0 aromatic rings. The molecule has 1 saturated carbocycles. The van der Waals surface area contributed by atoms with Crippen LogP contribution in [0.2, 0.25) is 0 Å². The van der Waals surface area contributed by atoms with E-state index in [0.717, 1.165) is 18.4 Å². The van der Waals surface area contributed by atoms with E-state index in [1.165, 1.54) is 50.7 Å². The quantitative estimate of drug-likeness (QED) is 0.840. The first kappa shape index (κ1) is 13.7. The van der Waals surface area contributed by atoms with Gasteiger partial charge in [0.25, 0.3) is 0 Å². The zero-order valence-corrected chi connectivity index (χ0v) is 11.9. The van der Waals surface area contributed by atoms with Crippen LogP contribution in [0.4, 0.5) is 0 Å². The Labute approximate surface area is 110 Å². The van der Waals surface area contributed by atoms with Crippen molar-refractivity contribution in [2.75, 3.05) is 18.9 Å². The first-order valence-electron chi connectivity index (χ1n) is 7.20. The molecular weight excluding hydrogens is 230 g/mol. The van der Waals surface area contributed by atoms with E-state index in [4.69, 9.17) is 10.5 Å². The molecule has 1 aliphatic heterocycles. The number of hydrogen-bond donors (Lipinski definition) is 1. The predicted molar refractivity (Wildman–Crippen MR) is 75.5 cm³/mol. The van der Waals surface area contributed by atoms with Crippen LogP contribution in [0.5, 0.6) is 0 Å². The Bertz CT molecular complexity index is 223. The molecule has 17 heavy (non-hydrogen) atoms. The minimum absolute atomic E-state index is 0.264. The molecule has 0 aromatic heterocycles. The lowest BCUT2D eigenvalue weighted by Crippen LogP contribution is -2.42. The van der Waals surface area contributed by atoms with Crippen LogP contribution in [-0.4, -0.2) is 29.8 Å². The van der Waals surface area contributed by atoms with Crippen molar-refractivity contribution in [3.63, 3.8) is 0 Å². The molecule has 0 aromatic carbocycles. The summed E-state index contributed by atoms with van der Waals surface area (Å²) < 4.78 is 6.13. The molecule has 2 rings (SSSR count). The van der Waals surface area contributed by atoms with Crippen LogP contribution in [0.25, 0.3) is 0 Å². The zero-order chi connectivity index (χ0) is 12.1. The molecular formula is C14H27NOS. The van der Waals surface area contributed by atoms with E-state index in [0.29, 0.717) is 5.92 Å². The molecule has 1 spiro atoms. The normalized spacial score (nSPS) is 30.4. The average molecular weight is 257 g/mol. The highest BCUT2D eigenvalue weighted by atomic mass is 32.2. The van der Waals surface area contributed by atoms with Crippen LogP contribution >= 0.6 is 11.8 Å². The van der Waals surface area contributed by atoms with Crippen molar-refractivity contribution in [1.29, 1.82) is 0 Å². The van der Waals surface area contributed by atoms with Crippen molar-refractivity contribution in [1.82, 2.24) is 0 Å². The van der Waals surface area contributed by atoms with E-state index in [9.17, 15) is 0 Å². The highest BCUT2D eigenvalue weighted by Crippen LogP contribution is 2.41. The van der Waals surface area contributed by atoms with Crippen LogP contribution in [-0.2, 0) is 4.74 Å². The van der Waals surface area contributed by atoms with Gasteiger partial charge in [-0.15, -0.1) is 0 Å². The number of hydrogen-bond acceptors (Lipinski definition) is 3. The van der Waals surface area contributed by atoms with Gasteiger partial charge in [-0.1, -0.05) is 26.2 Å². The first-order chi connectivity index (χ1) is 8.24. The lowest BCUT2D eigenvalue weighted by Gasteiger charge is -2.43. The van der Waals surface area contributed by atoms with Crippen molar-refractivity contribution in [3.8, 4) is 0 Å². The standard InChI is InChI=1S/C14H27NOS/c1-12(10-15)11-17-13-5-8-16-14(9-13)6-3-2-4-7-14/h12-13H,2-11,15H2,1H3. The molecule has 3 heteroatoms.